The number of fused-ring (bicyclic) bond motifs is 4. The van der Waals surface area contributed by atoms with Crippen molar-refractivity contribution in [1.29, 1.82) is 0 Å². The van der Waals surface area contributed by atoms with E-state index in [1.807, 2.05) is 12.1 Å². The van der Waals surface area contributed by atoms with E-state index in [0.29, 0.717) is 7.25 Å². The van der Waals surface area contributed by atoms with Gasteiger partial charge in [-0.2, -0.15) is 0 Å². The van der Waals surface area contributed by atoms with E-state index in [1.165, 1.54) is 33.4 Å². The first kappa shape index (κ1) is 31.1. The van der Waals surface area contributed by atoms with Crippen LogP contribution in [-0.4, -0.2) is 5.43 Å². The number of hydrogen-bond acceptors (Lipinski definition) is 2. The normalized spacial score (nSPS) is 16.3. The summed E-state index contributed by atoms with van der Waals surface area (Å²) >= 11 is -2.18. The van der Waals surface area contributed by atoms with Crippen LogP contribution in [-0.2, 0) is 20.4 Å². The zero-order chi connectivity index (χ0) is 28.5. The molecule has 2 unspecified atom stereocenters. The Morgan fingerprint density at radius 2 is 1.00 bits per heavy atom. The Labute approximate surface area is 278 Å². The maximum absolute atomic E-state index is 6.37. The van der Waals surface area contributed by atoms with Crippen molar-refractivity contribution in [1.82, 2.24) is 0 Å². The Kier molecular flexibility index (Phi) is 8.58. The number of hydrogen-bond donors (Lipinski definition) is 0. The summed E-state index contributed by atoms with van der Waals surface area (Å²) in [7, 11) is 0. The van der Waals surface area contributed by atoms with Crippen molar-refractivity contribution >= 4 is 39.5 Å². The molecule has 2 aliphatic rings. The van der Waals surface area contributed by atoms with Gasteiger partial charge >= 0.3 is 256 Å². The minimum atomic E-state index is -2.18. The van der Waals surface area contributed by atoms with E-state index in [1.54, 1.807) is 11.1 Å². The second-order valence-corrected chi connectivity index (χ2v) is 29.9. The van der Waals surface area contributed by atoms with Gasteiger partial charge in [0, 0.05) is 0 Å². The third-order valence-corrected chi connectivity index (χ3v) is 29.0. The molecule has 2 nitrogen and oxygen atoms in total. The summed E-state index contributed by atoms with van der Waals surface area (Å²) in [4.78, 5) is 0. The van der Waals surface area contributed by atoms with Gasteiger partial charge in [0.2, 0.25) is 0 Å². The molecule has 0 aliphatic heterocycles. The molecular weight excluding hydrogens is 679 g/mol. The van der Waals surface area contributed by atoms with Crippen LogP contribution >= 0.6 is 0 Å². The maximum atomic E-state index is 6.37. The Balaban J connectivity index is 0.00000171. The van der Waals surface area contributed by atoms with Crippen LogP contribution in [0.25, 0.3) is 56.7 Å². The molecule has 2 aliphatic carbocycles. The molecule has 6 heteroatoms. The van der Waals surface area contributed by atoms with Crippen LogP contribution in [0.15, 0.2) is 117 Å². The topological polar surface area (TPSA) is 26.3 Å². The van der Waals surface area contributed by atoms with Crippen molar-refractivity contribution in [3.8, 4) is 22.6 Å². The third-order valence-electron chi connectivity index (χ3n) is 9.14. The Bertz CT molecular complexity index is 1950. The largest absolute Gasteiger partial charge is 1.00 e. The molecule has 2 heterocycles. The van der Waals surface area contributed by atoms with Crippen LogP contribution < -0.4 is 24.8 Å². The van der Waals surface area contributed by atoms with Crippen molar-refractivity contribution < 1.29 is 54.0 Å². The molecule has 6 aromatic rings. The number of furan rings is 2. The van der Waals surface area contributed by atoms with Gasteiger partial charge in [0.05, 0.1) is 0 Å². The van der Waals surface area contributed by atoms with E-state index in [9.17, 15) is 0 Å². The van der Waals surface area contributed by atoms with E-state index in [2.05, 4.69) is 124 Å². The van der Waals surface area contributed by atoms with Crippen molar-refractivity contribution in [2.45, 2.75) is 34.2 Å². The summed E-state index contributed by atoms with van der Waals surface area (Å²) in [6, 6.07) is 34.9. The first-order valence-electron chi connectivity index (χ1n) is 14.8. The fourth-order valence-electron chi connectivity index (χ4n) is 7.33. The minimum Gasteiger partial charge on any atom is -1.00 e. The number of halogens is 2. The molecule has 4 aromatic carbocycles. The minimum absolute atomic E-state index is 0. The predicted molar refractivity (Wildman–Crippen MR) is 174 cm³/mol. The van der Waals surface area contributed by atoms with Crippen LogP contribution in [0.2, 0.25) is 13.1 Å². The SMILES string of the molecule is CC1=Cc2c(-c3cc4ccccc4o3)cccc2[CH]1[Zr+2]([CH]1C(C)=Cc2c(-c3cc4ccccc4o3)cccc21)=[Si](C)C.[Cl-].[Cl-]. The smallest absolute Gasteiger partial charge is 1.00 e. The van der Waals surface area contributed by atoms with Crippen LogP contribution in [0.5, 0.6) is 0 Å². The summed E-state index contributed by atoms with van der Waals surface area (Å²) in [5.74, 6) is 1.94. The summed E-state index contributed by atoms with van der Waals surface area (Å²) in [5, 5.41) is 2.32. The Hall–Kier alpha value is -2.88. The standard InChI is InChI=1S/2C18H13O.C2H6Si.2ClH.Zr/c2*1-12-9-13-6-4-7-15(16(13)10-12)18-11-14-5-2-3-8-17(14)19-18;1-3-2;;;/h2*2-11H,1H3;1-2H3;2*1H;/q;;;;;+2/p-2. The quantitative estimate of drug-likeness (QED) is 0.241. The van der Waals surface area contributed by atoms with Crippen molar-refractivity contribution in [2.24, 2.45) is 0 Å². The molecule has 0 saturated heterocycles. The molecule has 8 rings (SSSR count). The fraction of sp³-hybridized carbons (Fsp3) is 0.158. The number of benzene rings is 4. The zero-order valence-corrected chi connectivity index (χ0v) is 30.1. The molecule has 0 bridgehead atoms. The van der Waals surface area contributed by atoms with Crippen molar-refractivity contribution in [3.05, 3.63) is 130 Å². The van der Waals surface area contributed by atoms with Crippen molar-refractivity contribution in [2.75, 3.05) is 0 Å². The second kappa shape index (κ2) is 12.1. The molecule has 0 fully saturated rings. The van der Waals surface area contributed by atoms with E-state index in [-0.39, 0.29) is 24.8 Å². The fourth-order valence-corrected chi connectivity index (χ4v) is 28.1. The van der Waals surface area contributed by atoms with Crippen LogP contribution in [0, 0.1) is 0 Å². The van der Waals surface area contributed by atoms with Gasteiger partial charge in [0.25, 0.3) is 0 Å². The van der Waals surface area contributed by atoms with Gasteiger partial charge in [-0.25, -0.2) is 0 Å². The molecule has 0 radical (unpaired) electrons. The van der Waals surface area contributed by atoms with Crippen LogP contribution in [0.3, 0.4) is 0 Å². The average Bonchev–Trinajstić information content (AvgIpc) is 3.75. The predicted octanol–water partition coefficient (Wildman–Crippen LogP) is 5.01. The molecular formula is C38H32Cl2O2SiZr. The molecule has 2 aromatic heterocycles. The zero-order valence-electron chi connectivity index (χ0n) is 25.1. The molecule has 44 heavy (non-hydrogen) atoms. The summed E-state index contributed by atoms with van der Waals surface area (Å²) in [6.45, 7) is 9.95. The number of para-hydroxylation sites is 2. The molecule has 0 amide bonds. The number of rotatable bonds is 4. The van der Waals surface area contributed by atoms with E-state index in [0.717, 1.165) is 33.5 Å². The summed E-state index contributed by atoms with van der Waals surface area (Å²) in [6.07, 6.45) is 4.96. The molecule has 2 atom stereocenters. The van der Waals surface area contributed by atoms with Gasteiger partial charge in [0.15, 0.2) is 0 Å². The Morgan fingerprint density at radius 1 is 0.568 bits per heavy atom. The van der Waals surface area contributed by atoms with Gasteiger partial charge in [0.1, 0.15) is 0 Å². The van der Waals surface area contributed by atoms with E-state index >= 15 is 0 Å². The molecule has 0 spiro atoms. The van der Waals surface area contributed by atoms with Gasteiger partial charge in [-0.05, 0) is 0 Å². The van der Waals surface area contributed by atoms with Gasteiger partial charge in [-0.1, -0.05) is 0 Å². The molecule has 0 saturated carbocycles. The second-order valence-electron chi connectivity index (χ2n) is 12.0. The molecule has 0 N–H and O–H groups in total. The summed E-state index contributed by atoms with van der Waals surface area (Å²) in [5.41, 5.74) is 12.7. The van der Waals surface area contributed by atoms with Crippen LogP contribution in [0.4, 0.5) is 0 Å². The van der Waals surface area contributed by atoms with Crippen molar-refractivity contribution in [3.63, 3.8) is 0 Å². The monoisotopic (exact) mass is 708 g/mol. The van der Waals surface area contributed by atoms with Gasteiger partial charge in [-0.3, -0.25) is 0 Å². The van der Waals surface area contributed by atoms with E-state index in [4.69, 9.17) is 8.83 Å². The number of allylic oxidation sites excluding steroid dienone is 2. The van der Waals surface area contributed by atoms with Gasteiger partial charge < -0.3 is 24.8 Å². The first-order chi connectivity index (χ1) is 20.5. The maximum Gasteiger partial charge on any atom is -1.00 e. The average molecular weight is 711 g/mol. The first-order valence-corrected chi connectivity index (χ1v) is 23.8. The third kappa shape index (κ3) is 4.95. The van der Waals surface area contributed by atoms with Gasteiger partial charge in [-0.15, -0.1) is 0 Å². The van der Waals surface area contributed by atoms with Crippen LogP contribution in [0.1, 0.15) is 43.4 Å². The van der Waals surface area contributed by atoms with E-state index < -0.39 is 25.8 Å². The Morgan fingerprint density at radius 3 is 1.41 bits per heavy atom. The summed E-state index contributed by atoms with van der Waals surface area (Å²) < 4.78 is 13.9. The molecule has 218 valence electrons.